The predicted octanol–water partition coefficient (Wildman–Crippen LogP) is 1.37. The third kappa shape index (κ3) is 8.17. The molecule has 3 heteroatoms. The van der Waals surface area contributed by atoms with Gasteiger partial charge in [-0.25, -0.2) is 0 Å². The first kappa shape index (κ1) is 14.2. The van der Waals surface area contributed by atoms with E-state index in [9.17, 15) is 4.79 Å². The number of ketones is 1. The van der Waals surface area contributed by atoms with Crippen LogP contribution in [0.2, 0.25) is 0 Å². The van der Waals surface area contributed by atoms with E-state index in [-0.39, 0.29) is 17.5 Å². The Morgan fingerprint density at radius 3 is 2.60 bits per heavy atom. The van der Waals surface area contributed by atoms with Crippen LogP contribution < -0.4 is 5.32 Å². The minimum absolute atomic E-state index is 0.106. The van der Waals surface area contributed by atoms with Gasteiger partial charge in [-0.2, -0.15) is 0 Å². The van der Waals surface area contributed by atoms with Crippen molar-refractivity contribution in [1.29, 1.82) is 0 Å². The van der Waals surface area contributed by atoms with Gasteiger partial charge in [0.15, 0.2) is 5.78 Å². The molecular weight excluding hydrogens is 190 g/mol. The van der Waals surface area contributed by atoms with Gasteiger partial charge in [-0.1, -0.05) is 5.92 Å². The van der Waals surface area contributed by atoms with Crippen molar-refractivity contribution in [1.82, 2.24) is 5.32 Å². The second-order valence-corrected chi connectivity index (χ2v) is 4.47. The van der Waals surface area contributed by atoms with Gasteiger partial charge in [-0.15, -0.1) is 6.42 Å². The van der Waals surface area contributed by atoms with Crippen LogP contribution in [0, 0.1) is 12.3 Å². The molecule has 0 amide bonds. The molecule has 0 aromatic rings. The molecule has 3 nitrogen and oxygen atoms in total. The summed E-state index contributed by atoms with van der Waals surface area (Å²) in [5.74, 6) is 2.56. The Hall–Kier alpha value is -0.850. The molecule has 0 aliphatic carbocycles. The molecule has 0 aliphatic rings. The Kier molecular flexibility index (Phi) is 6.23. The fraction of sp³-hybridized carbons (Fsp3) is 0.750. The van der Waals surface area contributed by atoms with Gasteiger partial charge < -0.3 is 10.1 Å². The zero-order valence-corrected chi connectivity index (χ0v) is 10.1. The van der Waals surface area contributed by atoms with Crippen molar-refractivity contribution >= 4 is 5.78 Å². The number of hydrogen-bond donors (Lipinski definition) is 1. The maximum absolute atomic E-state index is 11.6. The normalized spacial score (nSPS) is 13.3. The van der Waals surface area contributed by atoms with Crippen molar-refractivity contribution in [2.24, 2.45) is 0 Å². The first-order valence-corrected chi connectivity index (χ1v) is 5.21. The summed E-state index contributed by atoms with van der Waals surface area (Å²) in [6.07, 6.45) is 5.17. The lowest BCUT2D eigenvalue weighted by atomic mass is 10.1. The van der Waals surface area contributed by atoms with Crippen LogP contribution in [0.3, 0.4) is 0 Å². The van der Waals surface area contributed by atoms with E-state index in [0.29, 0.717) is 19.5 Å². The molecule has 0 heterocycles. The molecule has 0 spiro atoms. The Balaban J connectivity index is 3.76. The van der Waals surface area contributed by atoms with E-state index in [0.717, 1.165) is 0 Å². The van der Waals surface area contributed by atoms with Crippen LogP contribution in [0.1, 0.15) is 34.1 Å². The van der Waals surface area contributed by atoms with Crippen LogP contribution in [0.5, 0.6) is 0 Å². The second kappa shape index (κ2) is 6.60. The van der Waals surface area contributed by atoms with Gasteiger partial charge in [0, 0.05) is 13.0 Å². The molecule has 0 fully saturated rings. The molecule has 0 saturated carbocycles. The lowest BCUT2D eigenvalue weighted by Crippen LogP contribution is -2.32. The molecule has 1 atom stereocenters. The van der Waals surface area contributed by atoms with Crippen molar-refractivity contribution in [3.05, 3.63) is 0 Å². The molecule has 0 bridgehead atoms. The molecule has 1 N–H and O–H groups in total. The summed E-state index contributed by atoms with van der Waals surface area (Å²) in [4.78, 5) is 11.6. The van der Waals surface area contributed by atoms with E-state index in [1.807, 2.05) is 20.8 Å². The second-order valence-electron chi connectivity index (χ2n) is 4.47. The zero-order chi connectivity index (χ0) is 11.9. The molecule has 15 heavy (non-hydrogen) atoms. The number of hydrogen-bond acceptors (Lipinski definition) is 3. The number of rotatable bonds is 6. The molecule has 1 unspecified atom stereocenters. The third-order valence-corrected chi connectivity index (χ3v) is 1.76. The average molecular weight is 211 g/mol. The first-order valence-electron chi connectivity index (χ1n) is 5.21. The van der Waals surface area contributed by atoms with E-state index in [1.54, 1.807) is 6.92 Å². The fourth-order valence-electron chi connectivity index (χ4n) is 1.17. The summed E-state index contributed by atoms with van der Waals surface area (Å²) in [6.45, 7) is 8.71. The van der Waals surface area contributed by atoms with Crippen LogP contribution in [0.25, 0.3) is 0 Å². The van der Waals surface area contributed by atoms with Gasteiger partial charge in [0.2, 0.25) is 0 Å². The van der Waals surface area contributed by atoms with Crippen LogP contribution in [0.15, 0.2) is 0 Å². The smallest absolute Gasteiger partial charge is 0.162 e. The molecule has 0 aromatic heterocycles. The Morgan fingerprint density at radius 2 is 2.13 bits per heavy atom. The van der Waals surface area contributed by atoms with E-state index in [4.69, 9.17) is 11.2 Å². The summed E-state index contributed by atoms with van der Waals surface area (Å²) in [7, 11) is 0. The SMILES string of the molecule is C#CCNCCC(=O)C(C)OC(C)(C)C. The summed E-state index contributed by atoms with van der Waals surface area (Å²) in [5.41, 5.74) is -0.276. The standard InChI is InChI=1S/C12H21NO2/c1-6-8-13-9-7-11(14)10(2)15-12(3,4)5/h1,10,13H,7-9H2,2-5H3. The minimum atomic E-state index is -0.349. The zero-order valence-electron chi connectivity index (χ0n) is 10.1. The molecule has 86 valence electrons. The van der Waals surface area contributed by atoms with Crippen molar-refractivity contribution in [2.75, 3.05) is 13.1 Å². The quantitative estimate of drug-likeness (QED) is 0.533. The number of nitrogens with one attached hydrogen (secondary N) is 1. The lowest BCUT2D eigenvalue weighted by Gasteiger charge is -2.24. The summed E-state index contributed by atoms with van der Waals surface area (Å²) in [6, 6.07) is 0. The largest absolute Gasteiger partial charge is 0.365 e. The number of terminal acetylenes is 1. The van der Waals surface area contributed by atoms with Crippen LogP contribution >= 0.6 is 0 Å². The van der Waals surface area contributed by atoms with Gasteiger partial charge in [0.25, 0.3) is 0 Å². The highest BCUT2D eigenvalue weighted by atomic mass is 16.5. The highest BCUT2D eigenvalue weighted by Crippen LogP contribution is 2.11. The fourth-order valence-corrected chi connectivity index (χ4v) is 1.17. The molecule has 0 aromatic carbocycles. The van der Waals surface area contributed by atoms with Crippen molar-refractivity contribution in [3.8, 4) is 12.3 Å². The predicted molar refractivity (Wildman–Crippen MR) is 61.6 cm³/mol. The first-order chi connectivity index (χ1) is 6.87. The molecular formula is C12H21NO2. The van der Waals surface area contributed by atoms with Crippen molar-refractivity contribution in [3.63, 3.8) is 0 Å². The third-order valence-electron chi connectivity index (χ3n) is 1.76. The number of carbonyl (C=O) groups is 1. The van der Waals surface area contributed by atoms with Crippen molar-refractivity contribution < 1.29 is 9.53 Å². The summed E-state index contributed by atoms with van der Waals surface area (Å²) >= 11 is 0. The lowest BCUT2D eigenvalue weighted by molar-refractivity contribution is -0.138. The minimum Gasteiger partial charge on any atom is -0.365 e. The molecule has 0 aliphatic heterocycles. The number of carbonyl (C=O) groups excluding carboxylic acids is 1. The Morgan fingerprint density at radius 1 is 1.53 bits per heavy atom. The summed E-state index contributed by atoms with van der Waals surface area (Å²) in [5, 5.41) is 2.97. The monoisotopic (exact) mass is 211 g/mol. The van der Waals surface area contributed by atoms with E-state index in [1.165, 1.54) is 0 Å². The Bertz CT molecular complexity index is 235. The van der Waals surface area contributed by atoms with Gasteiger partial charge in [-0.3, -0.25) is 4.79 Å². The van der Waals surface area contributed by atoms with Gasteiger partial charge in [0.1, 0.15) is 6.10 Å². The van der Waals surface area contributed by atoms with Crippen LogP contribution in [-0.4, -0.2) is 30.6 Å². The van der Waals surface area contributed by atoms with E-state index < -0.39 is 0 Å². The van der Waals surface area contributed by atoms with Gasteiger partial charge >= 0.3 is 0 Å². The van der Waals surface area contributed by atoms with E-state index >= 15 is 0 Å². The molecule has 0 radical (unpaired) electrons. The van der Waals surface area contributed by atoms with Crippen LogP contribution in [0.4, 0.5) is 0 Å². The topological polar surface area (TPSA) is 38.3 Å². The van der Waals surface area contributed by atoms with Crippen molar-refractivity contribution in [2.45, 2.75) is 45.8 Å². The molecule has 0 saturated heterocycles. The van der Waals surface area contributed by atoms with Gasteiger partial charge in [0.05, 0.1) is 12.1 Å². The van der Waals surface area contributed by atoms with Crippen LogP contribution in [-0.2, 0) is 9.53 Å². The highest BCUT2D eigenvalue weighted by molar-refractivity contribution is 5.82. The van der Waals surface area contributed by atoms with Gasteiger partial charge in [-0.05, 0) is 27.7 Å². The maximum atomic E-state index is 11.6. The number of ether oxygens (including phenoxy) is 1. The molecule has 0 rings (SSSR count). The summed E-state index contributed by atoms with van der Waals surface area (Å²) < 4.78 is 5.54. The Labute approximate surface area is 92.6 Å². The average Bonchev–Trinajstić information content (AvgIpc) is 2.09. The van der Waals surface area contributed by atoms with E-state index in [2.05, 4.69) is 11.2 Å². The number of Topliss-reactive ketones (excluding diaryl/α,β-unsaturated/α-hetero) is 1. The maximum Gasteiger partial charge on any atom is 0.162 e. The highest BCUT2D eigenvalue weighted by Gasteiger charge is 2.20.